The maximum atomic E-state index is 12.1. The highest BCUT2D eigenvalue weighted by Crippen LogP contribution is 2.06. The summed E-state index contributed by atoms with van der Waals surface area (Å²) in [6, 6.07) is 0.170. The fraction of sp³-hybridized carbons (Fsp3) is 0.667. The van der Waals surface area contributed by atoms with Crippen LogP contribution in [0.4, 0.5) is 5.82 Å². The van der Waals surface area contributed by atoms with E-state index in [0.717, 1.165) is 19.4 Å². The third-order valence-corrected chi connectivity index (χ3v) is 3.09. The first-order chi connectivity index (χ1) is 9.67. The molecule has 5 nitrogen and oxygen atoms in total. The fourth-order valence-corrected chi connectivity index (χ4v) is 1.99. The van der Waals surface area contributed by atoms with Crippen LogP contribution in [0.2, 0.25) is 0 Å². The molecular weight excluding hydrogens is 252 g/mol. The molecule has 1 heterocycles. The zero-order chi connectivity index (χ0) is 14.8. The number of amides is 1. The zero-order valence-corrected chi connectivity index (χ0v) is 12.8. The number of nitrogens with zero attached hydrogens (tertiary/aromatic N) is 2. The molecule has 1 aromatic heterocycles. The standard InChI is InChI=1S/C15H26N4O/c1-4-6-7-8-9-12(3)18-15(20)13-10-16-11-14(19-13)17-5-2/h10-12H,4-9H2,1-3H3,(H,17,19)(H,18,20). The van der Waals surface area contributed by atoms with Crippen LogP contribution in [0, 0.1) is 0 Å². The molecule has 0 saturated heterocycles. The van der Waals surface area contributed by atoms with Gasteiger partial charge in [-0.3, -0.25) is 9.78 Å². The Kier molecular flexibility index (Phi) is 7.62. The van der Waals surface area contributed by atoms with Crippen LogP contribution in [0.25, 0.3) is 0 Å². The molecule has 1 amide bonds. The van der Waals surface area contributed by atoms with Gasteiger partial charge < -0.3 is 10.6 Å². The van der Waals surface area contributed by atoms with Gasteiger partial charge in [0.15, 0.2) is 0 Å². The van der Waals surface area contributed by atoms with Crippen molar-refractivity contribution in [1.29, 1.82) is 0 Å². The maximum Gasteiger partial charge on any atom is 0.271 e. The van der Waals surface area contributed by atoms with Crippen molar-refractivity contribution in [3.63, 3.8) is 0 Å². The second-order valence-corrected chi connectivity index (χ2v) is 5.04. The lowest BCUT2D eigenvalue weighted by Gasteiger charge is -2.13. The van der Waals surface area contributed by atoms with E-state index in [0.29, 0.717) is 11.5 Å². The smallest absolute Gasteiger partial charge is 0.271 e. The van der Waals surface area contributed by atoms with Gasteiger partial charge >= 0.3 is 0 Å². The topological polar surface area (TPSA) is 66.9 Å². The molecule has 1 rings (SSSR count). The first-order valence-corrected chi connectivity index (χ1v) is 7.54. The van der Waals surface area contributed by atoms with Crippen LogP contribution in [-0.2, 0) is 0 Å². The van der Waals surface area contributed by atoms with Crippen molar-refractivity contribution >= 4 is 11.7 Å². The van der Waals surface area contributed by atoms with Crippen LogP contribution in [0.3, 0.4) is 0 Å². The van der Waals surface area contributed by atoms with Crippen molar-refractivity contribution < 1.29 is 4.79 Å². The monoisotopic (exact) mass is 278 g/mol. The van der Waals surface area contributed by atoms with Gasteiger partial charge in [-0.05, 0) is 20.3 Å². The van der Waals surface area contributed by atoms with Gasteiger partial charge in [0.1, 0.15) is 11.5 Å². The minimum atomic E-state index is -0.153. The normalized spacial score (nSPS) is 11.9. The van der Waals surface area contributed by atoms with Crippen LogP contribution in [0.15, 0.2) is 12.4 Å². The molecule has 5 heteroatoms. The Labute approximate surface area is 121 Å². The maximum absolute atomic E-state index is 12.1. The Morgan fingerprint density at radius 3 is 2.75 bits per heavy atom. The molecule has 0 aromatic carbocycles. The van der Waals surface area contributed by atoms with Gasteiger partial charge in [0.2, 0.25) is 0 Å². The van der Waals surface area contributed by atoms with E-state index in [-0.39, 0.29) is 11.9 Å². The lowest BCUT2D eigenvalue weighted by Crippen LogP contribution is -2.33. The van der Waals surface area contributed by atoms with Gasteiger partial charge in [-0.25, -0.2) is 4.98 Å². The van der Waals surface area contributed by atoms with Crippen molar-refractivity contribution in [1.82, 2.24) is 15.3 Å². The summed E-state index contributed by atoms with van der Waals surface area (Å²) in [5.41, 5.74) is 0.365. The highest BCUT2D eigenvalue weighted by atomic mass is 16.1. The summed E-state index contributed by atoms with van der Waals surface area (Å²) in [7, 11) is 0. The van der Waals surface area contributed by atoms with Crippen LogP contribution in [-0.4, -0.2) is 28.5 Å². The van der Waals surface area contributed by atoms with Gasteiger partial charge in [-0.15, -0.1) is 0 Å². The van der Waals surface area contributed by atoms with Crippen molar-refractivity contribution in [2.24, 2.45) is 0 Å². The second kappa shape index (κ2) is 9.28. The average molecular weight is 278 g/mol. The minimum Gasteiger partial charge on any atom is -0.369 e. The molecule has 1 atom stereocenters. The van der Waals surface area contributed by atoms with Crippen molar-refractivity contribution in [2.45, 2.75) is 58.9 Å². The van der Waals surface area contributed by atoms with E-state index in [4.69, 9.17) is 0 Å². The molecule has 0 fully saturated rings. The molecule has 0 radical (unpaired) electrons. The first-order valence-electron chi connectivity index (χ1n) is 7.54. The van der Waals surface area contributed by atoms with Crippen LogP contribution >= 0.6 is 0 Å². The van der Waals surface area contributed by atoms with Crippen molar-refractivity contribution in [2.75, 3.05) is 11.9 Å². The fourth-order valence-electron chi connectivity index (χ4n) is 1.99. The van der Waals surface area contributed by atoms with E-state index < -0.39 is 0 Å². The number of hydrogen-bond donors (Lipinski definition) is 2. The summed E-state index contributed by atoms with van der Waals surface area (Å²) < 4.78 is 0. The number of carbonyl (C=O) groups excluding carboxylic acids is 1. The highest BCUT2D eigenvalue weighted by molar-refractivity contribution is 5.92. The Morgan fingerprint density at radius 2 is 2.05 bits per heavy atom. The molecular formula is C15H26N4O. The SMILES string of the molecule is CCCCCCC(C)NC(=O)c1cncc(NCC)n1. The molecule has 2 N–H and O–H groups in total. The molecule has 1 aromatic rings. The number of hydrogen-bond acceptors (Lipinski definition) is 4. The van der Waals surface area contributed by atoms with Crippen LogP contribution in [0.1, 0.15) is 63.4 Å². The summed E-state index contributed by atoms with van der Waals surface area (Å²) in [5, 5.41) is 6.02. The average Bonchev–Trinajstić information content (AvgIpc) is 2.44. The number of rotatable bonds is 9. The Bertz CT molecular complexity index is 409. The number of carbonyl (C=O) groups is 1. The second-order valence-electron chi connectivity index (χ2n) is 5.04. The summed E-state index contributed by atoms with van der Waals surface area (Å²) in [4.78, 5) is 20.3. The lowest BCUT2D eigenvalue weighted by molar-refractivity contribution is 0.0932. The predicted octanol–water partition coefficient (Wildman–Crippen LogP) is 3.00. The minimum absolute atomic E-state index is 0.153. The zero-order valence-electron chi connectivity index (χ0n) is 12.8. The largest absolute Gasteiger partial charge is 0.369 e. The molecule has 1 unspecified atom stereocenters. The quantitative estimate of drug-likeness (QED) is 0.681. The summed E-state index contributed by atoms with van der Waals surface area (Å²) in [6.07, 6.45) is 9.00. The van der Waals surface area contributed by atoms with E-state index in [1.165, 1.54) is 25.5 Å². The van der Waals surface area contributed by atoms with Crippen LogP contribution < -0.4 is 10.6 Å². The Hall–Kier alpha value is -1.65. The van der Waals surface area contributed by atoms with E-state index in [2.05, 4.69) is 27.5 Å². The highest BCUT2D eigenvalue weighted by Gasteiger charge is 2.11. The van der Waals surface area contributed by atoms with Crippen LogP contribution in [0.5, 0.6) is 0 Å². The third kappa shape index (κ3) is 5.99. The molecule has 0 spiro atoms. The molecule has 0 bridgehead atoms. The van der Waals surface area contributed by atoms with Gasteiger partial charge in [0.05, 0.1) is 12.4 Å². The predicted molar refractivity (Wildman–Crippen MR) is 81.9 cm³/mol. The number of aromatic nitrogens is 2. The number of unbranched alkanes of at least 4 members (excludes halogenated alkanes) is 3. The first kappa shape index (κ1) is 16.4. The lowest BCUT2D eigenvalue weighted by atomic mass is 10.1. The number of anilines is 1. The van der Waals surface area contributed by atoms with Gasteiger partial charge in [-0.1, -0.05) is 32.6 Å². The molecule has 0 aliphatic heterocycles. The summed E-state index contributed by atoms with van der Waals surface area (Å²) in [5.74, 6) is 0.482. The summed E-state index contributed by atoms with van der Waals surface area (Å²) in [6.45, 7) is 6.97. The van der Waals surface area contributed by atoms with E-state index in [1.54, 1.807) is 6.20 Å². The molecule has 0 saturated carbocycles. The van der Waals surface area contributed by atoms with E-state index in [9.17, 15) is 4.79 Å². The molecule has 112 valence electrons. The molecule has 0 aliphatic carbocycles. The van der Waals surface area contributed by atoms with Gasteiger partial charge in [-0.2, -0.15) is 0 Å². The third-order valence-electron chi connectivity index (χ3n) is 3.09. The van der Waals surface area contributed by atoms with Crippen molar-refractivity contribution in [3.05, 3.63) is 18.1 Å². The number of nitrogens with one attached hydrogen (secondary N) is 2. The van der Waals surface area contributed by atoms with E-state index in [1.807, 2.05) is 13.8 Å². The molecule has 20 heavy (non-hydrogen) atoms. The van der Waals surface area contributed by atoms with E-state index >= 15 is 0 Å². The van der Waals surface area contributed by atoms with Gasteiger partial charge in [0.25, 0.3) is 5.91 Å². The summed E-state index contributed by atoms with van der Waals surface area (Å²) >= 11 is 0. The van der Waals surface area contributed by atoms with Gasteiger partial charge in [0, 0.05) is 12.6 Å². The Morgan fingerprint density at radius 1 is 1.25 bits per heavy atom. The van der Waals surface area contributed by atoms with Crippen molar-refractivity contribution in [3.8, 4) is 0 Å². The Balaban J connectivity index is 2.43. The molecule has 0 aliphatic rings.